The van der Waals surface area contributed by atoms with Gasteiger partial charge in [-0.3, -0.25) is 9.89 Å². The molecule has 0 radical (unpaired) electrons. The minimum atomic E-state index is -0.460. The zero-order chi connectivity index (χ0) is 18.1. The van der Waals surface area contributed by atoms with Gasteiger partial charge in [0.15, 0.2) is 5.82 Å². The lowest BCUT2D eigenvalue weighted by Crippen LogP contribution is -2.37. The van der Waals surface area contributed by atoms with E-state index in [1.165, 1.54) is 12.1 Å². The Morgan fingerprint density at radius 1 is 1.38 bits per heavy atom. The summed E-state index contributed by atoms with van der Waals surface area (Å²) in [6.45, 7) is 1.47. The van der Waals surface area contributed by atoms with E-state index in [1.807, 2.05) is 23.6 Å². The van der Waals surface area contributed by atoms with Crippen LogP contribution in [-0.4, -0.2) is 35.2 Å². The third-order valence-electron chi connectivity index (χ3n) is 4.37. The number of hydrogen-bond donors (Lipinski definition) is 2. The molecule has 134 valence electrons. The molecule has 0 spiro atoms. The molecule has 2 aromatic heterocycles. The number of carbonyl (C=O) groups excluding carboxylic acids is 1. The van der Waals surface area contributed by atoms with Gasteiger partial charge in [-0.1, -0.05) is 17.7 Å². The molecule has 1 amide bonds. The number of H-pyrrole nitrogens is 1. The summed E-state index contributed by atoms with van der Waals surface area (Å²) in [7, 11) is 0. The van der Waals surface area contributed by atoms with Crippen LogP contribution in [0.3, 0.4) is 0 Å². The third-order valence-corrected chi connectivity index (χ3v) is 5.59. The van der Waals surface area contributed by atoms with E-state index in [2.05, 4.69) is 20.4 Å². The Kier molecular flexibility index (Phi) is 4.65. The highest BCUT2D eigenvalue weighted by Crippen LogP contribution is 2.27. The highest BCUT2D eigenvalue weighted by atomic mass is 35.5. The van der Waals surface area contributed by atoms with Crippen molar-refractivity contribution in [3.8, 4) is 10.6 Å². The van der Waals surface area contributed by atoms with Crippen LogP contribution >= 0.6 is 22.9 Å². The van der Waals surface area contributed by atoms with Crippen molar-refractivity contribution < 1.29 is 9.18 Å². The molecule has 1 aliphatic heterocycles. The lowest BCUT2D eigenvalue weighted by atomic mass is 10.2. The molecule has 3 heterocycles. The first-order chi connectivity index (χ1) is 12.6. The lowest BCUT2D eigenvalue weighted by molar-refractivity contribution is 0.0940. The minimum absolute atomic E-state index is 0.00879. The second kappa shape index (κ2) is 7.09. The second-order valence-electron chi connectivity index (χ2n) is 6.15. The van der Waals surface area contributed by atoms with E-state index in [0.717, 1.165) is 35.4 Å². The van der Waals surface area contributed by atoms with Crippen molar-refractivity contribution >= 4 is 34.7 Å². The van der Waals surface area contributed by atoms with Gasteiger partial charge in [-0.25, -0.2) is 4.39 Å². The number of anilines is 1. The standard InChI is InChI=1S/C18H16ClFN4OS/c19-14-8-11(20)3-4-13(14)18(25)21-12-5-6-24(10-12)17-9-15(22-23-17)16-2-1-7-26-16/h1-4,7-9,12H,5-6,10H2,(H,21,25)(H,22,23)/t12-/m1/s1. The van der Waals surface area contributed by atoms with E-state index >= 15 is 0 Å². The molecule has 0 unspecified atom stereocenters. The van der Waals surface area contributed by atoms with Gasteiger partial charge in [0.2, 0.25) is 0 Å². The lowest BCUT2D eigenvalue weighted by Gasteiger charge is -2.16. The van der Waals surface area contributed by atoms with E-state index < -0.39 is 5.82 Å². The maximum atomic E-state index is 13.1. The van der Waals surface area contributed by atoms with E-state index in [4.69, 9.17) is 11.6 Å². The van der Waals surface area contributed by atoms with Crippen molar-refractivity contribution in [1.82, 2.24) is 15.5 Å². The van der Waals surface area contributed by atoms with Gasteiger partial charge >= 0.3 is 0 Å². The first-order valence-corrected chi connectivity index (χ1v) is 9.46. The Balaban J connectivity index is 1.40. The molecule has 2 N–H and O–H groups in total. The fourth-order valence-electron chi connectivity index (χ4n) is 3.05. The van der Waals surface area contributed by atoms with Crippen LogP contribution in [0.25, 0.3) is 10.6 Å². The zero-order valence-electron chi connectivity index (χ0n) is 13.7. The SMILES string of the molecule is O=C(N[C@@H]1CCN(c2cc(-c3cccs3)[nH]n2)C1)c1ccc(F)cc1Cl. The number of amides is 1. The Bertz CT molecular complexity index is 927. The molecule has 1 saturated heterocycles. The molecule has 1 aromatic carbocycles. The van der Waals surface area contributed by atoms with Crippen LogP contribution in [0.5, 0.6) is 0 Å². The minimum Gasteiger partial charge on any atom is -0.353 e. The molecular formula is C18H16ClFN4OS. The molecule has 0 saturated carbocycles. The summed E-state index contributed by atoms with van der Waals surface area (Å²) in [6, 6.07) is 9.84. The van der Waals surface area contributed by atoms with Gasteiger partial charge in [0.1, 0.15) is 5.82 Å². The van der Waals surface area contributed by atoms with Crippen LogP contribution in [0.2, 0.25) is 5.02 Å². The predicted molar refractivity (Wildman–Crippen MR) is 101 cm³/mol. The van der Waals surface area contributed by atoms with Gasteiger partial charge in [-0.05, 0) is 36.1 Å². The molecule has 0 aliphatic carbocycles. The fraction of sp³-hybridized carbons (Fsp3) is 0.222. The number of carbonyl (C=O) groups is 1. The number of aromatic nitrogens is 2. The molecule has 3 aromatic rings. The van der Waals surface area contributed by atoms with E-state index in [9.17, 15) is 9.18 Å². The van der Waals surface area contributed by atoms with Crippen LogP contribution in [0.4, 0.5) is 10.2 Å². The van der Waals surface area contributed by atoms with E-state index in [0.29, 0.717) is 6.54 Å². The average Bonchev–Trinajstić information content (AvgIpc) is 3.35. The van der Waals surface area contributed by atoms with Crippen molar-refractivity contribution in [3.63, 3.8) is 0 Å². The first-order valence-electron chi connectivity index (χ1n) is 8.20. The Morgan fingerprint density at radius 2 is 2.27 bits per heavy atom. The summed E-state index contributed by atoms with van der Waals surface area (Å²) in [4.78, 5) is 15.6. The van der Waals surface area contributed by atoms with Crippen molar-refractivity contribution in [2.24, 2.45) is 0 Å². The van der Waals surface area contributed by atoms with Crippen LogP contribution in [0, 0.1) is 5.82 Å². The van der Waals surface area contributed by atoms with Crippen molar-refractivity contribution in [2.45, 2.75) is 12.5 Å². The number of rotatable bonds is 4. The second-order valence-corrected chi connectivity index (χ2v) is 7.50. The molecule has 26 heavy (non-hydrogen) atoms. The summed E-state index contributed by atoms with van der Waals surface area (Å²) in [5.41, 5.74) is 1.27. The highest BCUT2D eigenvalue weighted by Gasteiger charge is 2.26. The number of nitrogens with zero attached hydrogens (tertiary/aromatic N) is 2. The normalized spacial score (nSPS) is 16.8. The topological polar surface area (TPSA) is 61.0 Å². The van der Waals surface area contributed by atoms with Gasteiger partial charge in [0.05, 0.1) is 21.2 Å². The molecule has 5 nitrogen and oxygen atoms in total. The Labute approximate surface area is 158 Å². The summed E-state index contributed by atoms with van der Waals surface area (Å²) in [5.74, 6) is 0.117. The van der Waals surface area contributed by atoms with Gasteiger partial charge in [-0.2, -0.15) is 5.10 Å². The van der Waals surface area contributed by atoms with Crippen molar-refractivity contribution in [3.05, 3.63) is 58.2 Å². The maximum absolute atomic E-state index is 13.1. The van der Waals surface area contributed by atoms with Gasteiger partial charge < -0.3 is 10.2 Å². The maximum Gasteiger partial charge on any atom is 0.253 e. The zero-order valence-corrected chi connectivity index (χ0v) is 15.3. The van der Waals surface area contributed by atoms with Crippen LogP contribution in [-0.2, 0) is 0 Å². The fourth-order valence-corrected chi connectivity index (χ4v) is 4.00. The van der Waals surface area contributed by atoms with E-state index in [-0.39, 0.29) is 22.5 Å². The van der Waals surface area contributed by atoms with Crippen LogP contribution < -0.4 is 10.2 Å². The molecule has 0 bridgehead atoms. The highest BCUT2D eigenvalue weighted by molar-refractivity contribution is 7.13. The van der Waals surface area contributed by atoms with Crippen molar-refractivity contribution in [2.75, 3.05) is 18.0 Å². The number of nitrogens with one attached hydrogen (secondary N) is 2. The Morgan fingerprint density at radius 3 is 3.04 bits per heavy atom. The third kappa shape index (κ3) is 3.45. The van der Waals surface area contributed by atoms with Crippen molar-refractivity contribution in [1.29, 1.82) is 0 Å². The largest absolute Gasteiger partial charge is 0.353 e. The molecule has 4 rings (SSSR count). The monoisotopic (exact) mass is 390 g/mol. The van der Waals surface area contributed by atoms with Gasteiger partial charge in [-0.15, -0.1) is 11.3 Å². The number of benzene rings is 1. The number of hydrogen-bond acceptors (Lipinski definition) is 4. The van der Waals surface area contributed by atoms with E-state index in [1.54, 1.807) is 11.3 Å². The van der Waals surface area contributed by atoms with Gasteiger partial charge in [0, 0.05) is 25.2 Å². The predicted octanol–water partition coefficient (Wildman–Crippen LogP) is 3.94. The Hall–Kier alpha value is -2.38. The first kappa shape index (κ1) is 17.1. The molecular weight excluding hydrogens is 375 g/mol. The summed E-state index contributed by atoms with van der Waals surface area (Å²) >= 11 is 7.62. The summed E-state index contributed by atoms with van der Waals surface area (Å²) in [5, 5.41) is 12.5. The van der Waals surface area contributed by atoms with Crippen LogP contribution in [0.15, 0.2) is 41.8 Å². The molecule has 8 heteroatoms. The molecule has 1 fully saturated rings. The average molecular weight is 391 g/mol. The quantitative estimate of drug-likeness (QED) is 0.709. The number of thiophene rings is 1. The summed E-state index contributed by atoms with van der Waals surface area (Å²) in [6.07, 6.45) is 0.811. The van der Waals surface area contributed by atoms with Gasteiger partial charge in [0.25, 0.3) is 5.91 Å². The van der Waals surface area contributed by atoms with Crippen LogP contribution in [0.1, 0.15) is 16.8 Å². The number of aromatic amines is 1. The number of halogens is 2. The summed E-state index contributed by atoms with van der Waals surface area (Å²) < 4.78 is 13.1. The smallest absolute Gasteiger partial charge is 0.253 e. The molecule has 1 atom stereocenters. The molecule has 1 aliphatic rings.